The summed E-state index contributed by atoms with van der Waals surface area (Å²) < 4.78 is 0. The number of allylic oxidation sites excluding steroid dienone is 2. The SMILES string of the molecule is CC(C)CCC[C@@H](C)[C@H]1CC[C@H]2[C@@H]3CC=C4C(C)(C)C(=O)CC[C@]4(C)[C@H]3CC(=O)[C@]12C. The molecule has 0 N–H and O–H groups in total. The molecular formula is C29H46O2. The number of hydrogen-bond acceptors (Lipinski definition) is 2. The van der Waals surface area contributed by atoms with Gasteiger partial charge in [0.05, 0.1) is 0 Å². The molecule has 0 aromatic carbocycles. The minimum atomic E-state index is -0.356. The topological polar surface area (TPSA) is 34.1 Å². The molecule has 0 aliphatic heterocycles. The molecule has 7 atom stereocenters. The first-order valence-electron chi connectivity index (χ1n) is 13.2. The highest BCUT2D eigenvalue weighted by Gasteiger charge is 2.64. The summed E-state index contributed by atoms with van der Waals surface area (Å²) in [4.78, 5) is 26.6. The molecule has 0 aromatic rings. The molecule has 0 bridgehead atoms. The van der Waals surface area contributed by atoms with Crippen LogP contribution in [0.2, 0.25) is 0 Å². The molecule has 0 radical (unpaired) electrons. The molecule has 31 heavy (non-hydrogen) atoms. The molecule has 3 fully saturated rings. The molecule has 4 aliphatic rings. The van der Waals surface area contributed by atoms with E-state index in [1.165, 1.54) is 37.7 Å². The first kappa shape index (κ1) is 23.2. The van der Waals surface area contributed by atoms with E-state index < -0.39 is 0 Å². The summed E-state index contributed by atoms with van der Waals surface area (Å²) in [6, 6.07) is 0. The maximum atomic E-state index is 13.9. The van der Waals surface area contributed by atoms with Crippen LogP contribution in [0, 0.1) is 51.8 Å². The van der Waals surface area contributed by atoms with E-state index in [-0.39, 0.29) is 16.2 Å². The average Bonchev–Trinajstić information content (AvgIpc) is 3.05. The van der Waals surface area contributed by atoms with Crippen molar-refractivity contribution in [1.82, 2.24) is 0 Å². The Hall–Kier alpha value is -0.920. The lowest BCUT2D eigenvalue weighted by molar-refractivity contribution is -0.149. The monoisotopic (exact) mass is 426 g/mol. The van der Waals surface area contributed by atoms with Crippen molar-refractivity contribution in [3.8, 4) is 0 Å². The first-order chi connectivity index (χ1) is 14.4. The van der Waals surface area contributed by atoms with Gasteiger partial charge < -0.3 is 0 Å². The fraction of sp³-hybridized carbons (Fsp3) is 0.862. The van der Waals surface area contributed by atoms with Gasteiger partial charge in [-0.2, -0.15) is 0 Å². The number of hydrogen-bond donors (Lipinski definition) is 0. The molecule has 3 saturated carbocycles. The van der Waals surface area contributed by atoms with E-state index in [1.807, 2.05) is 0 Å². The Morgan fingerprint density at radius 3 is 2.35 bits per heavy atom. The summed E-state index contributed by atoms with van der Waals surface area (Å²) in [5.74, 6) is 4.49. The summed E-state index contributed by atoms with van der Waals surface area (Å²) in [5, 5.41) is 0. The van der Waals surface area contributed by atoms with Crippen LogP contribution in [0.15, 0.2) is 11.6 Å². The predicted molar refractivity (Wildman–Crippen MR) is 128 cm³/mol. The summed E-state index contributed by atoms with van der Waals surface area (Å²) in [7, 11) is 0. The van der Waals surface area contributed by atoms with Crippen LogP contribution < -0.4 is 0 Å². The van der Waals surface area contributed by atoms with Crippen LogP contribution in [0.5, 0.6) is 0 Å². The molecule has 0 aromatic heterocycles. The highest BCUT2D eigenvalue weighted by atomic mass is 16.1. The van der Waals surface area contributed by atoms with Crippen molar-refractivity contribution in [1.29, 1.82) is 0 Å². The lowest BCUT2D eigenvalue weighted by Crippen LogP contribution is -2.56. The van der Waals surface area contributed by atoms with Crippen LogP contribution in [0.1, 0.15) is 106 Å². The van der Waals surface area contributed by atoms with Gasteiger partial charge in [0, 0.05) is 23.7 Å². The molecule has 4 rings (SSSR count). The van der Waals surface area contributed by atoms with Crippen LogP contribution in [0.3, 0.4) is 0 Å². The van der Waals surface area contributed by atoms with E-state index >= 15 is 0 Å². The fourth-order valence-electron chi connectivity index (χ4n) is 8.92. The molecule has 0 saturated heterocycles. The standard InChI is InChI=1S/C29H46O2/c1-18(2)9-8-10-19(3)21-12-13-22-20-11-14-24-27(4,5)25(30)15-16-28(24,6)23(20)17-26(31)29(21,22)7/h14,18-23H,8-13,15-17H2,1-7H3/t19-,20+,21-,22+,23+,28-,29-/m1/s1. The number of Topliss-reactive ketones (excluding diaryl/α,β-unsaturated/α-hetero) is 2. The normalized spacial score (nSPS) is 42.6. The third-order valence-corrected chi connectivity index (χ3v) is 10.8. The van der Waals surface area contributed by atoms with Crippen LogP contribution in [-0.2, 0) is 9.59 Å². The van der Waals surface area contributed by atoms with Crippen LogP contribution in [0.4, 0.5) is 0 Å². The van der Waals surface area contributed by atoms with Crippen molar-refractivity contribution in [2.45, 2.75) is 106 Å². The second-order valence-electron chi connectivity index (χ2n) is 13.1. The number of ketones is 2. The molecule has 0 unspecified atom stereocenters. The highest BCUT2D eigenvalue weighted by Crippen LogP contribution is 2.67. The van der Waals surface area contributed by atoms with Crippen molar-refractivity contribution < 1.29 is 9.59 Å². The van der Waals surface area contributed by atoms with Crippen molar-refractivity contribution in [3.63, 3.8) is 0 Å². The van der Waals surface area contributed by atoms with Crippen molar-refractivity contribution in [3.05, 3.63) is 11.6 Å². The van der Waals surface area contributed by atoms with Gasteiger partial charge in [0.15, 0.2) is 0 Å². The summed E-state index contributed by atoms with van der Waals surface area (Å²) in [6.07, 6.45) is 12.2. The van der Waals surface area contributed by atoms with Crippen molar-refractivity contribution >= 4 is 11.6 Å². The second-order valence-corrected chi connectivity index (χ2v) is 13.1. The van der Waals surface area contributed by atoms with E-state index in [0.29, 0.717) is 47.6 Å². The van der Waals surface area contributed by atoms with Gasteiger partial charge in [-0.1, -0.05) is 65.5 Å². The average molecular weight is 427 g/mol. The van der Waals surface area contributed by atoms with Crippen molar-refractivity contribution in [2.75, 3.05) is 0 Å². The largest absolute Gasteiger partial charge is 0.299 e. The van der Waals surface area contributed by atoms with E-state index in [0.717, 1.165) is 25.2 Å². The molecular weight excluding hydrogens is 380 g/mol. The fourth-order valence-corrected chi connectivity index (χ4v) is 8.92. The van der Waals surface area contributed by atoms with E-state index in [4.69, 9.17) is 0 Å². The summed E-state index contributed by atoms with van der Waals surface area (Å²) in [6.45, 7) is 16.0. The van der Waals surface area contributed by atoms with Gasteiger partial charge in [-0.25, -0.2) is 0 Å². The molecule has 2 nitrogen and oxygen atoms in total. The van der Waals surface area contributed by atoms with Crippen LogP contribution >= 0.6 is 0 Å². The Balaban J connectivity index is 1.60. The highest BCUT2D eigenvalue weighted by molar-refractivity contribution is 5.90. The zero-order valence-corrected chi connectivity index (χ0v) is 21.2. The zero-order valence-electron chi connectivity index (χ0n) is 21.2. The Labute approximate surface area is 191 Å². The van der Waals surface area contributed by atoms with Gasteiger partial charge >= 0.3 is 0 Å². The van der Waals surface area contributed by atoms with Crippen LogP contribution in [0.25, 0.3) is 0 Å². The second kappa shape index (κ2) is 7.84. The molecule has 0 heterocycles. The molecule has 2 heteroatoms. The zero-order chi connectivity index (χ0) is 22.8. The third-order valence-electron chi connectivity index (χ3n) is 10.8. The Kier molecular flexibility index (Phi) is 5.88. The number of carbonyl (C=O) groups is 2. The first-order valence-corrected chi connectivity index (χ1v) is 13.2. The molecule has 0 amide bonds. The smallest absolute Gasteiger partial charge is 0.142 e. The molecule has 0 spiro atoms. The van der Waals surface area contributed by atoms with Gasteiger partial charge in [0.2, 0.25) is 0 Å². The van der Waals surface area contributed by atoms with E-state index in [9.17, 15) is 9.59 Å². The van der Waals surface area contributed by atoms with Crippen LogP contribution in [-0.4, -0.2) is 11.6 Å². The Morgan fingerprint density at radius 1 is 0.968 bits per heavy atom. The maximum absolute atomic E-state index is 13.9. The molecule has 174 valence electrons. The van der Waals surface area contributed by atoms with Crippen molar-refractivity contribution in [2.24, 2.45) is 51.8 Å². The number of carbonyl (C=O) groups excluding carboxylic acids is 2. The maximum Gasteiger partial charge on any atom is 0.142 e. The van der Waals surface area contributed by atoms with Gasteiger partial charge in [-0.05, 0) is 80.5 Å². The minimum Gasteiger partial charge on any atom is -0.299 e. The number of rotatable bonds is 5. The van der Waals surface area contributed by atoms with E-state index in [2.05, 4.69) is 54.5 Å². The quantitative estimate of drug-likeness (QED) is 0.429. The van der Waals surface area contributed by atoms with Gasteiger partial charge in [-0.3, -0.25) is 9.59 Å². The van der Waals surface area contributed by atoms with Gasteiger partial charge in [0.1, 0.15) is 11.6 Å². The lowest BCUT2D eigenvalue weighted by Gasteiger charge is -2.59. The Bertz CT molecular complexity index is 774. The van der Waals surface area contributed by atoms with E-state index in [1.54, 1.807) is 0 Å². The number of fused-ring (bicyclic) bond motifs is 5. The molecule has 4 aliphatic carbocycles. The lowest BCUT2D eigenvalue weighted by atomic mass is 9.44. The predicted octanol–water partition coefficient (Wildman–Crippen LogP) is 7.41. The van der Waals surface area contributed by atoms with Gasteiger partial charge in [0.25, 0.3) is 0 Å². The van der Waals surface area contributed by atoms with Gasteiger partial charge in [-0.15, -0.1) is 0 Å². The summed E-state index contributed by atoms with van der Waals surface area (Å²) in [5.41, 5.74) is 0.897. The summed E-state index contributed by atoms with van der Waals surface area (Å²) >= 11 is 0. The minimum absolute atomic E-state index is 0.0261. The third kappa shape index (κ3) is 3.41. The Morgan fingerprint density at radius 2 is 1.68 bits per heavy atom.